The second-order valence-corrected chi connectivity index (χ2v) is 5.08. The van der Waals surface area contributed by atoms with Crippen molar-refractivity contribution in [1.82, 2.24) is 5.32 Å². The summed E-state index contributed by atoms with van der Waals surface area (Å²) < 4.78 is 40.4. The topological polar surface area (TPSA) is 58.6 Å². The van der Waals surface area contributed by atoms with E-state index in [4.69, 9.17) is 0 Å². The van der Waals surface area contributed by atoms with Crippen LogP contribution in [0.2, 0.25) is 0 Å². The molecule has 0 aliphatic rings. The van der Waals surface area contributed by atoms with Crippen molar-refractivity contribution in [3.05, 3.63) is 65.2 Å². The van der Waals surface area contributed by atoms with Crippen molar-refractivity contribution < 1.29 is 27.8 Å². The lowest BCUT2D eigenvalue weighted by molar-refractivity contribution is -0.274. The van der Waals surface area contributed by atoms with Gasteiger partial charge in [-0.3, -0.25) is 4.79 Å². The summed E-state index contributed by atoms with van der Waals surface area (Å²) in [5.41, 5.74) is 1.89. The number of carbonyl (C=O) groups is 1. The summed E-state index contributed by atoms with van der Waals surface area (Å²) in [5.74, 6) is -0.703. The molecule has 0 aromatic heterocycles. The number of aliphatic hydroxyl groups excluding tert-OH is 1. The summed E-state index contributed by atoms with van der Waals surface area (Å²) in [7, 11) is 0. The number of hydrogen-bond acceptors (Lipinski definition) is 3. The average molecular weight is 339 g/mol. The molecule has 24 heavy (non-hydrogen) atoms. The maximum Gasteiger partial charge on any atom is 0.573 e. The molecule has 2 N–H and O–H groups in total. The SMILES string of the molecule is O=C(Cc1cccc(OC(F)(F)F)c1)NCc1ccccc1CO. The molecule has 7 heteroatoms. The molecular weight excluding hydrogens is 323 g/mol. The predicted molar refractivity (Wildman–Crippen MR) is 81.0 cm³/mol. The van der Waals surface area contributed by atoms with Crippen molar-refractivity contribution in [1.29, 1.82) is 0 Å². The van der Waals surface area contributed by atoms with Crippen molar-refractivity contribution in [2.24, 2.45) is 0 Å². The zero-order valence-electron chi connectivity index (χ0n) is 12.6. The summed E-state index contributed by atoms with van der Waals surface area (Å²) in [4.78, 5) is 11.9. The normalized spacial score (nSPS) is 11.2. The van der Waals surface area contributed by atoms with Gasteiger partial charge in [-0.1, -0.05) is 36.4 Å². The van der Waals surface area contributed by atoms with Gasteiger partial charge < -0.3 is 15.2 Å². The largest absolute Gasteiger partial charge is 0.573 e. The molecule has 128 valence electrons. The van der Waals surface area contributed by atoms with E-state index in [0.717, 1.165) is 5.56 Å². The zero-order valence-corrected chi connectivity index (χ0v) is 12.6. The number of ether oxygens (including phenoxy) is 1. The van der Waals surface area contributed by atoms with Crippen LogP contribution in [-0.4, -0.2) is 17.4 Å². The Morgan fingerprint density at radius 2 is 1.79 bits per heavy atom. The van der Waals surface area contributed by atoms with Gasteiger partial charge in [0.2, 0.25) is 5.91 Å². The van der Waals surface area contributed by atoms with E-state index in [1.807, 2.05) is 0 Å². The van der Waals surface area contributed by atoms with Gasteiger partial charge >= 0.3 is 6.36 Å². The molecule has 1 amide bonds. The van der Waals surface area contributed by atoms with Crippen LogP contribution in [0.15, 0.2) is 48.5 Å². The zero-order chi connectivity index (χ0) is 17.6. The van der Waals surface area contributed by atoms with E-state index in [1.165, 1.54) is 18.2 Å². The minimum absolute atomic E-state index is 0.0731. The number of aliphatic hydroxyl groups is 1. The summed E-state index contributed by atoms with van der Waals surface area (Å²) in [5, 5.41) is 11.9. The number of rotatable bonds is 6. The van der Waals surface area contributed by atoms with E-state index in [-0.39, 0.29) is 31.2 Å². The number of hydrogen-bond donors (Lipinski definition) is 2. The summed E-state index contributed by atoms with van der Waals surface area (Å²) in [6, 6.07) is 12.4. The fourth-order valence-electron chi connectivity index (χ4n) is 2.18. The van der Waals surface area contributed by atoms with Gasteiger partial charge in [0, 0.05) is 6.54 Å². The Labute approximate surface area is 136 Å². The molecule has 0 saturated carbocycles. The molecule has 2 rings (SSSR count). The van der Waals surface area contributed by atoms with Gasteiger partial charge in [0.1, 0.15) is 5.75 Å². The number of nitrogens with one attached hydrogen (secondary N) is 1. The quantitative estimate of drug-likeness (QED) is 0.851. The number of carbonyl (C=O) groups excluding carboxylic acids is 1. The molecule has 0 aliphatic heterocycles. The second kappa shape index (κ2) is 7.83. The molecule has 4 nitrogen and oxygen atoms in total. The van der Waals surface area contributed by atoms with E-state index in [9.17, 15) is 23.1 Å². The van der Waals surface area contributed by atoms with Crippen LogP contribution in [0.5, 0.6) is 5.75 Å². The Morgan fingerprint density at radius 3 is 2.46 bits per heavy atom. The third-order valence-electron chi connectivity index (χ3n) is 3.26. The van der Waals surface area contributed by atoms with Crippen molar-refractivity contribution >= 4 is 5.91 Å². The molecule has 0 atom stereocenters. The molecule has 2 aromatic rings. The number of alkyl halides is 3. The first kappa shape index (κ1) is 17.8. The van der Waals surface area contributed by atoms with Crippen LogP contribution >= 0.6 is 0 Å². The standard InChI is InChI=1S/C17H16F3NO3/c18-17(19,20)24-15-7-3-4-12(8-15)9-16(23)21-10-13-5-1-2-6-14(13)11-22/h1-8,22H,9-11H2,(H,21,23). The van der Waals surface area contributed by atoms with Crippen LogP contribution in [0, 0.1) is 0 Å². The van der Waals surface area contributed by atoms with Crippen LogP contribution in [0.1, 0.15) is 16.7 Å². The van der Waals surface area contributed by atoms with Crippen LogP contribution in [0.4, 0.5) is 13.2 Å². The van der Waals surface area contributed by atoms with E-state index >= 15 is 0 Å². The van der Waals surface area contributed by atoms with Gasteiger partial charge in [0.15, 0.2) is 0 Å². The van der Waals surface area contributed by atoms with E-state index < -0.39 is 6.36 Å². The van der Waals surface area contributed by atoms with Gasteiger partial charge in [0.25, 0.3) is 0 Å². The van der Waals surface area contributed by atoms with Crippen molar-refractivity contribution in [3.8, 4) is 5.75 Å². The highest BCUT2D eigenvalue weighted by Gasteiger charge is 2.31. The smallest absolute Gasteiger partial charge is 0.406 e. The fourth-order valence-corrected chi connectivity index (χ4v) is 2.18. The Bertz CT molecular complexity index is 701. The molecule has 0 saturated heterocycles. The van der Waals surface area contributed by atoms with Crippen molar-refractivity contribution in [2.75, 3.05) is 0 Å². The summed E-state index contributed by atoms with van der Waals surface area (Å²) in [6.45, 7) is 0.0944. The molecule has 0 aliphatic carbocycles. The minimum Gasteiger partial charge on any atom is -0.406 e. The van der Waals surface area contributed by atoms with Gasteiger partial charge in [-0.25, -0.2) is 0 Å². The lowest BCUT2D eigenvalue weighted by Crippen LogP contribution is -2.25. The van der Waals surface area contributed by atoms with Gasteiger partial charge in [-0.2, -0.15) is 0 Å². The molecule has 0 bridgehead atoms. The first-order valence-electron chi connectivity index (χ1n) is 7.16. The van der Waals surface area contributed by atoms with E-state index in [2.05, 4.69) is 10.1 Å². The van der Waals surface area contributed by atoms with Crippen molar-refractivity contribution in [3.63, 3.8) is 0 Å². The number of amides is 1. The highest BCUT2D eigenvalue weighted by Crippen LogP contribution is 2.23. The first-order valence-corrected chi connectivity index (χ1v) is 7.16. The number of benzene rings is 2. The maximum atomic E-state index is 12.2. The Hall–Kier alpha value is -2.54. The van der Waals surface area contributed by atoms with E-state index in [1.54, 1.807) is 30.3 Å². The lowest BCUT2D eigenvalue weighted by atomic mass is 10.1. The Balaban J connectivity index is 1.94. The van der Waals surface area contributed by atoms with Crippen LogP contribution in [-0.2, 0) is 24.4 Å². The highest BCUT2D eigenvalue weighted by molar-refractivity contribution is 5.78. The molecule has 0 fully saturated rings. The molecule has 0 heterocycles. The lowest BCUT2D eigenvalue weighted by Gasteiger charge is -2.11. The molecular formula is C17H16F3NO3. The molecule has 0 spiro atoms. The van der Waals surface area contributed by atoms with Crippen LogP contribution < -0.4 is 10.1 Å². The molecule has 0 unspecified atom stereocenters. The van der Waals surface area contributed by atoms with Gasteiger partial charge in [0.05, 0.1) is 13.0 Å². The summed E-state index contributed by atoms with van der Waals surface area (Å²) in [6.07, 6.45) is -4.84. The monoisotopic (exact) mass is 339 g/mol. The first-order chi connectivity index (χ1) is 11.4. The van der Waals surface area contributed by atoms with Crippen LogP contribution in [0.3, 0.4) is 0 Å². The van der Waals surface area contributed by atoms with Crippen LogP contribution in [0.25, 0.3) is 0 Å². The van der Waals surface area contributed by atoms with Gasteiger partial charge in [-0.15, -0.1) is 13.2 Å². The Kier molecular flexibility index (Phi) is 5.81. The average Bonchev–Trinajstić information content (AvgIpc) is 2.52. The molecule has 2 aromatic carbocycles. The highest BCUT2D eigenvalue weighted by atomic mass is 19.4. The third kappa shape index (κ3) is 5.58. The van der Waals surface area contributed by atoms with E-state index in [0.29, 0.717) is 11.1 Å². The third-order valence-corrected chi connectivity index (χ3v) is 3.26. The van der Waals surface area contributed by atoms with Crippen molar-refractivity contribution in [2.45, 2.75) is 25.9 Å². The maximum absolute atomic E-state index is 12.2. The van der Waals surface area contributed by atoms with Gasteiger partial charge in [-0.05, 0) is 28.8 Å². The number of halogens is 3. The fraction of sp³-hybridized carbons (Fsp3) is 0.235. The predicted octanol–water partition coefficient (Wildman–Crippen LogP) is 2.94. The Morgan fingerprint density at radius 1 is 1.08 bits per heavy atom. The minimum atomic E-state index is -4.77. The second-order valence-electron chi connectivity index (χ2n) is 5.08. The summed E-state index contributed by atoms with van der Waals surface area (Å²) >= 11 is 0. The molecule has 0 radical (unpaired) electrons.